The van der Waals surface area contributed by atoms with E-state index in [0.717, 1.165) is 12.1 Å². The molecule has 0 heterocycles. The molecule has 0 amide bonds. The van der Waals surface area contributed by atoms with E-state index < -0.39 is 17.7 Å². The van der Waals surface area contributed by atoms with Crippen molar-refractivity contribution in [2.75, 3.05) is 0 Å². The maximum Gasteiger partial charge on any atom is 0.286 e. The summed E-state index contributed by atoms with van der Waals surface area (Å²) in [5, 5.41) is 8.31. The lowest BCUT2D eigenvalue weighted by Gasteiger charge is -2.11. The van der Waals surface area contributed by atoms with Crippen molar-refractivity contribution < 1.29 is 13.5 Å². The highest BCUT2D eigenvalue weighted by molar-refractivity contribution is 5.20. The van der Waals surface area contributed by atoms with Crippen LogP contribution in [-0.2, 0) is 4.74 Å². The second-order valence-corrected chi connectivity index (χ2v) is 2.78. The molecular formula is C10H9F2NO. The molecule has 0 spiro atoms. The van der Waals surface area contributed by atoms with Gasteiger partial charge in [-0.3, -0.25) is 0 Å². The average molecular weight is 197 g/mol. The first-order valence-electron chi connectivity index (χ1n) is 4.18. The van der Waals surface area contributed by atoms with Crippen molar-refractivity contribution in [2.24, 2.45) is 0 Å². The summed E-state index contributed by atoms with van der Waals surface area (Å²) in [6.07, 6.45) is 1.56. The highest BCUT2D eigenvalue weighted by Crippen LogP contribution is 2.22. The SMILES string of the molecule is CC[C@@H](OC#N)c1ccc(F)c(F)c1. The van der Waals surface area contributed by atoms with Gasteiger partial charge in [0.05, 0.1) is 0 Å². The van der Waals surface area contributed by atoms with Crippen LogP contribution in [0.3, 0.4) is 0 Å². The Morgan fingerprint density at radius 1 is 1.43 bits per heavy atom. The summed E-state index contributed by atoms with van der Waals surface area (Å²) < 4.78 is 30.1. The van der Waals surface area contributed by atoms with E-state index in [-0.39, 0.29) is 0 Å². The van der Waals surface area contributed by atoms with Crippen molar-refractivity contribution in [3.63, 3.8) is 0 Å². The van der Waals surface area contributed by atoms with Gasteiger partial charge in [0.2, 0.25) is 0 Å². The summed E-state index contributed by atoms with van der Waals surface area (Å²) in [5.41, 5.74) is 0.466. The van der Waals surface area contributed by atoms with Crippen molar-refractivity contribution >= 4 is 0 Å². The van der Waals surface area contributed by atoms with Crippen LogP contribution in [0.15, 0.2) is 18.2 Å². The van der Waals surface area contributed by atoms with Crippen LogP contribution >= 0.6 is 0 Å². The molecule has 0 radical (unpaired) electrons. The fraction of sp³-hybridized carbons (Fsp3) is 0.300. The Labute approximate surface area is 80.7 Å². The molecule has 1 atom stereocenters. The maximum atomic E-state index is 12.8. The van der Waals surface area contributed by atoms with Gasteiger partial charge in [-0.25, -0.2) is 8.78 Å². The number of halogens is 2. The van der Waals surface area contributed by atoms with Gasteiger partial charge in [-0.05, 0) is 24.1 Å². The van der Waals surface area contributed by atoms with Gasteiger partial charge in [-0.2, -0.15) is 5.26 Å². The van der Waals surface area contributed by atoms with E-state index in [4.69, 9.17) is 5.26 Å². The van der Waals surface area contributed by atoms with Crippen LogP contribution in [0.4, 0.5) is 8.78 Å². The number of ether oxygens (including phenoxy) is 1. The fourth-order valence-electron chi connectivity index (χ4n) is 1.16. The molecule has 0 bridgehead atoms. The van der Waals surface area contributed by atoms with E-state index in [1.54, 1.807) is 6.92 Å². The summed E-state index contributed by atoms with van der Waals surface area (Å²) >= 11 is 0. The third-order valence-corrected chi connectivity index (χ3v) is 1.88. The molecule has 0 aromatic heterocycles. The van der Waals surface area contributed by atoms with E-state index in [1.165, 1.54) is 12.3 Å². The zero-order chi connectivity index (χ0) is 10.6. The number of rotatable bonds is 3. The van der Waals surface area contributed by atoms with Crippen LogP contribution in [0.5, 0.6) is 0 Å². The Morgan fingerprint density at radius 3 is 2.64 bits per heavy atom. The Kier molecular flexibility index (Phi) is 3.41. The lowest BCUT2D eigenvalue weighted by molar-refractivity contribution is 0.159. The monoisotopic (exact) mass is 197 g/mol. The molecule has 1 rings (SSSR count). The van der Waals surface area contributed by atoms with Crippen LogP contribution in [-0.4, -0.2) is 0 Å². The van der Waals surface area contributed by atoms with Crippen LogP contribution in [0, 0.1) is 23.2 Å². The lowest BCUT2D eigenvalue weighted by atomic mass is 10.1. The molecule has 0 N–H and O–H groups in total. The Balaban J connectivity index is 2.95. The fourth-order valence-corrected chi connectivity index (χ4v) is 1.16. The highest BCUT2D eigenvalue weighted by atomic mass is 19.2. The topological polar surface area (TPSA) is 33.0 Å². The Morgan fingerprint density at radius 2 is 2.14 bits per heavy atom. The molecule has 74 valence electrons. The van der Waals surface area contributed by atoms with Crippen molar-refractivity contribution in [3.8, 4) is 6.26 Å². The van der Waals surface area contributed by atoms with Gasteiger partial charge in [0.25, 0.3) is 6.26 Å². The highest BCUT2D eigenvalue weighted by Gasteiger charge is 2.12. The molecule has 4 heteroatoms. The van der Waals surface area contributed by atoms with Crippen molar-refractivity contribution in [1.82, 2.24) is 0 Å². The predicted molar refractivity (Wildman–Crippen MR) is 46.1 cm³/mol. The van der Waals surface area contributed by atoms with Crippen molar-refractivity contribution in [3.05, 3.63) is 35.4 Å². The summed E-state index contributed by atoms with van der Waals surface area (Å²) in [4.78, 5) is 0. The molecule has 1 aromatic rings. The first-order valence-corrected chi connectivity index (χ1v) is 4.18. The maximum absolute atomic E-state index is 12.8. The zero-order valence-corrected chi connectivity index (χ0v) is 7.63. The first-order chi connectivity index (χ1) is 6.69. The van der Waals surface area contributed by atoms with Gasteiger partial charge in [0, 0.05) is 0 Å². The average Bonchev–Trinajstić information content (AvgIpc) is 2.19. The van der Waals surface area contributed by atoms with Crippen LogP contribution in [0.2, 0.25) is 0 Å². The number of hydrogen-bond donors (Lipinski definition) is 0. The minimum Gasteiger partial charge on any atom is -0.419 e. The number of hydrogen-bond acceptors (Lipinski definition) is 2. The Hall–Kier alpha value is -1.63. The van der Waals surface area contributed by atoms with Gasteiger partial charge >= 0.3 is 0 Å². The van der Waals surface area contributed by atoms with E-state index in [1.807, 2.05) is 0 Å². The van der Waals surface area contributed by atoms with E-state index in [0.29, 0.717) is 12.0 Å². The van der Waals surface area contributed by atoms with Gasteiger partial charge in [0.15, 0.2) is 11.6 Å². The molecule has 1 aromatic carbocycles. The predicted octanol–water partition coefficient (Wildman–Crippen LogP) is 2.91. The van der Waals surface area contributed by atoms with Gasteiger partial charge in [-0.1, -0.05) is 13.0 Å². The molecule has 0 aliphatic carbocycles. The number of nitrogens with zero attached hydrogens (tertiary/aromatic N) is 1. The zero-order valence-electron chi connectivity index (χ0n) is 7.63. The molecule has 0 unspecified atom stereocenters. The standard InChI is InChI=1S/C10H9F2NO/c1-2-10(14-6-13)7-3-4-8(11)9(12)5-7/h3-5,10H,2H2,1H3/t10-/m1/s1. The van der Waals surface area contributed by atoms with E-state index >= 15 is 0 Å². The minimum atomic E-state index is -0.928. The van der Waals surface area contributed by atoms with Crippen LogP contribution in [0.1, 0.15) is 25.0 Å². The van der Waals surface area contributed by atoms with Crippen LogP contribution < -0.4 is 0 Å². The number of benzene rings is 1. The van der Waals surface area contributed by atoms with E-state index in [9.17, 15) is 8.78 Å². The summed E-state index contributed by atoms with van der Waals surface area (Å²) in [7, 11) is 0. The number of nitriles is 1. The van der Waals surface area contributed by atoms with Gasteiger partial charge < -0.3 is 4.74 Å². The lowest BCUT2D eigenvalue weighted by Crippen LogP contribution is -2.00. The van der Waals surface area contributed by atoms with Crippen molar-refractivity contribution in [2.45, 2.75) is 19.4 Å². The second-order valence-electron chi connectivity index (χ2n) is 2.78. The normalized spacial score (nSPS) is 11.9. The minimum absolute atomic E-state index is 0.466. The van der Waals surface area contributed by atoms with E-state index in [2.05, 4.69) is 4.74 Å². The summed E-state index contributed by atoms with van der Waals surface area (Å²) in [6, 6.07) is 3.47. The van der Waals surface area contributed by atoms with Crippen molar-refractivity contribution in [1.29, 1.82) is 5.26 Å². The quantitative estimate of drug-likeness (QED) is 0.698. The van der Waals surface area contributed by atoms with Gasteiger partial charge in [-0.15, -0.1) is 0 Å². The summed E-state index contributed by atoms with van der Waals surface area (Å²) in [6.45, 7) is 1.79. The third kappa shape index (κ3) is 2.19. The third-order valence-electron chi connectivity index (χ3n) is 1.88. The molecule has 0 aliphatic rings. The molecule has 0 saturated carbocycles. The molecule has 0 aliphatic heterocycles. The van der Waals surface area contributed by atoms with Gasteiger partial charge in [0.1, 0.15) is 6.10 Å². The van der Waals surface area contributed by atoms with Crippen LogP contribution in [0.25, 0.3) is 0 Å². The first kappa shape index (κ1) is 10.5. The molecule has 2 nitrogen and oxygen atoms in total. The molecule has 0 fully saturated rings. The Bertz CT molecular complexity index is 360. The molecule has 14 heavy (non-hydrogen) atoms. The largest absolute Gasteiger partial charge is 0.419 e. The smallest absolute Gasteiger partial charge is 0.286 e. The molecule has 0 saturated heterocycles. The molecular weight excluding hydrogens is 188 g/mol. The second kappa shape index (κ2) is 4.56. The summed E-state index contributed by atoms with van der Waals surface area (Å²) in [5.74, 6) is -1.83.